The molecule has 10 heteroatoms. The summed E-state index contributed by atoms with van der Waals surface area (Å²) in [4.78, 5) is 29.2. The van der Waals surface area contributed by atoms with Gasteiger partial charge in [-0.3, -0.25) is 13.9 Å². The Morgan fingerprint density at radius 2 is 1.57 bits per heavy atom. The summed E-state index contributed by atoms with van der Waals surface area (Å²) in [6, 6.07) is 19.8. The Balaban J connectivity index is 1.70. The van der Waals surface area contributed by atoms with Crippen LogP contribution in [-0.2, 0) is 26.0 Å². The van der Waals surface area contributed by atoms with Crippen molar-refractivity contribution in [1.82, 2.24) is 10.2 Å². The van der Waals surface area contributed by atoms with Crippen molar-refractivity contribution in [2.24, 2.45) is 0 Å². The Labute approximate surface area is 258 Å². The third-order valence-electron chi connectivity index (χ3n) is 7.59. The highest BCUT2D eigenvalue weighted by molar-refractivity contribution is 7.92. The van der Waals surface area contributed by atoms with Crippen LogP contribution in [0.15, 0.2) is 77.7 Å². The van der Waals surface area contributed by atoms with Crippen LogP contribution in [0.2, 0.25) is 10.0 Å². The van der Waals surface area contributed by atoms with E-state index < -0.39 is 28.5 Å². The molecule has 1 fully saturated rings. The minimum atomic E-state index is -4.20. The fourth-order valence-electron chi connectivity index (χ4n) is 5.31. The molecule has 1 N–H and O–H groups in total. The number of carbonyl (C=O) groups excluding carboxylic acids is 2. The standard InChI is InChI=1S/C32H37Cl2N3O4S/c1-3-30(32(39)35-27-11-7-8-12-27)36(18-17-24-9-5-4-6-10-24)31(38)22-37(28-20-25(33)19-26(34)21-28)42(40,41)29-15-13-23(2)14-16-29/h4-6,9-10,13-16,19-21,27,30H,3,7-8,11-12,17-18,22H2,1-2H3,(H,35,39)/t30-/m1/s1. The van der Waals surface area contributed by atoms with Crippen molar-refractivity contribution in [2.45, 2.75) is 69.4 Å². The molecule has 1 aliphatic carbocycles. The molecule has 1 atom stereocenters. The molecule has 1 saturated carbocycles. The molecular weight excluding hydrogens is 593 g/mol. The van der Waals surface area contributed by atoms with Gasteiger partial charge in [0.1, 0.15) is 12.6 Å². The summed E-state index contributed by atoms with van der Waals surface area (Å²) in [5.74, 6) is -0.712. The van der Waals surface area contributed by atoms with Crippen molar-refractivity contribution in [3.05, 3.63) is 94.0 Å². The van der Waals surface area contributed by atoms with Crippen LogP contribution in [0.25, 0.3) is 0 Å². The summed E-state index contributed by atoms with van der Waals surface area (Å²) < 4.78 is 29.0. The fraction of sp³-hybridized carbons (Fsp3) is 0.375. The molecule has 0 radical (unpaired) electrons. The molecule has 42 heavy (non-hydrogen) atoms. The number of hydrogen-bond donors (Lipinski definition) is 1. The lowest BCUT2D eigenvalue weighted by molar-refractivity contribution is -0.139. The summed E-state index contributed by atoms with van der Waals surface area (Å²) >= 11 is 12.5. The van der Waals surface area contributed by atoms with Gasteiger partial charge in [-0.1, -0.05) is 91.0 Å². The molecule has 0 unspecified atom stereocenters. The van der Waals surface area contributed by atoms with Crippen molar-refractivity contribution in [1.29, 1.82) is 0 Å². The average Bonchev–Trinajstić information content (AvgIpc) is 3.47. The van der Waals surface area contributed by atoms with Gasteiger partial charge < -0.3 is 10.2 Å². The topological polar surface area (TPSA) is 86.8 Å². The molecule has 0 heterocycles. The normalized spacial score (nSPS) is 14.4. The minimum Gasteiger partial charge on any atom is -0.352 e. The van der Waals surface area contributed by atoms with E-state index in [0.29, 0.717) is 12.8 Å². The summed E-state index contributed by atoms with van der Waals surface area (Å²) in [7, 11) is -4.20. The van der Waals surface area contributed by atoms with Gasteiger partial charge in [-0.2, -0.15) is 0 Å². The van der Waals surface area contributed by atoms with Crippen LogP contribution in [0.1, 0.15) is 50.2 Å². The van der Waals surface area contributed by atoms with Gasteiger partial charge in [-0.15, -0.1) is 0 Å². The Hall–Kier alpha value is -3.07. The molecule has 0 aromatic heterocycles. The summed E-state index contributed by atoms with van der Waals surface area (Å²) in [6.07, 6.45) is 4.84. The number of hydrogen-bond acceptors (Lipinski definition) is 4. The smallest absolute Gasteiger partial charge is 0.264 e. The molecular formula is C32H37Cl2N3O4S. The number of rotatable bonds is 12. The van der Waals surface area contributed by atoms with Gasteiger partial charge >= 0.3 is 0 Å². The Kier molecular flexibility index (Phi) is 10.9. The van der Waals surface area contributed by atoms with Crippen LogP contribution >= 0.6 is 23.2 Å². The van der Waals surface area contributed by atoms with E-state index in [1.165, 1.54) is 35.2 Å². The third-order valence-corrected chi connectivity index (χ3v) is 9.82. The van der Waals surface area contributed by atoms with Crippen LogP contribution in [0, 0.1) is 6.92 Å². The van der Waals surface area contributed by atoms with Crippen LogP contribution in [0.4, 0.5) is 5.69 Å². The Morgan fingerprint density at radius 1 is 0.952 bits per heavy atom. The predicted octanol–water partition coefficient (Wildman–Crippen LogP) is 6.41. The first kappa shape index (κ1) is 31.9. The highest BCUT2D eigenvalue weighted by Crippen LogP contribution is 2.30. The lowest BCUT2D eigenvalue weighted by Gasteiger charge is -2.34. The first-order valence-electron chi connectivity index (χ1n) is 14.3. The maximum absolute atomic E-state index is 14.2. The van der Waals surface area contributed by atoms with Gasteiger partial charge in [0, 0.05) is 22.6 Å². The molecule has 2 amide bonds. The zero-order valence-corrected chi connectivity index (χ0v) is 26.3. The molecule has 7 nitrogen and oxygen atoms in total. The molecule has 224 valence electrons. The van der Waals surface area contributed by atoms with Crippen LogP contribution in [-0.4, -0.2) is 50.3 Å². The van der Waals surface area contributed by atoms with E-state index in [2.05, 4.69) is 5.32 Å². The molecule has 0 spiro atoms. The molecule has 1 aliphatic rings. The van der Waals surface area contributed by atoms with Gasteiger partial charge in [-0.05, 0) is 68.5 Å². The van der Waals surface area contributed by atoms with Crippen molar-refractivity contribution < 1.29 is 18.0 Å². The number of sulfonamides is 1. The maximum Gasteiger partial charge on any atom is 0.264 e. The van der Waals surface area contributed by atoms with Gasteiger partial charge in [0.15, 0.2) is 0 Å². The Morgan fingerprint density at radius 3 is 2.17 bits per heavy atom. The molecule has 4 rings (SSSR count). The SMILES string of the molecule is CC[C@H](C(=O)NC1CCCC1)N(CCc1ccccc1)C(=O)CN(c1cc(Cl)cc(Cl)c1)S(=O)(=O)c1ccc(C)cc1. The number of aryl methyl sites for hydroxylation is 1. The first-order valence-corrected chi connectivity index (χ1v) is 16.5. The quantitative estimate of drug-likeness (QED) is 0.251. The van der Waals surface area contributed by atoms with E-state index >= 15 is 0 Å². The average molecular weight is 631 g/mol. The van der Waals surface area contributed by atoms with Crippen molar-refractivity contribution in [2.75, 3.05) is 17.4 Å². The minimum absolute atomic E-state index is 0.0267. The second kappa shape index (κ2) is 14.4. The monoisotopic (exact) mass is 629 g/mol. The van der Waals surface area contributed by atoms with E-state index in [1.54, 1.807) is 12.1 Å². The first-order chi connectivity index (χ1) is 20.1. The number of anilines is 1. The molecule has 3 aromatic carbocycles. The van der Waals surface area contributed by atoms with E-state index in [1.807, 2.05) is 44.2 Å². The van der Waals surface area contributed by atoms with Crippen molar-refractivity contribution in [3.8, 4) is 0 Å². The number of carbonyl (C=O) groups is 2. The summed E-state index contributed by atoms with van der Waals surface area (Å²) in [5, 5.41) is 3.59. The third kappa shape index (κ3) is 8.06. The zero-order valence-electron chi connectivity index (χ0n) is 23.9. The van der Waals surface area contributed by atoms with Crippen LogP contribution in [0.3, 0.4) is 0 Å². The number of halogens is 2. The maximum atomic E-state index is 14.2. The number of amides is 2. The lowest BCUT2D eigenvalue weighted by atomic mass is 10.1. The zero-order chi connectivity index (χ0) is 30.3. The van der Waals surface area contributed by atoms with Gasteiger partial charge in [0.2, 0.25) is 11.8 Å². The molecule has 3 aromatic rings. The van der Waals surface area contributed by atoms with E-state index in [4.69, 9.17) is 23.2 Å². The second-order valence-corrected chi connectivity index (χ2v) is 13.4. The van der Waals surface area contributed by atoms with Crippen LogP contribution < -0.4 is 9.62 Å². The number of nitrogens with one attached hydrogen (secondary N) is 1. The van der Waals surface area contributed by atoms with Gasteiger partial charge in [-0.25, -0.2) is 8.42 Å². The lowest BCUT2D eigenvalue weighted by Crippen LogP contribution is -2.54. The summed E-state index contributed by atoms with van der Waals surface area (Å²) in [6.45, 7) is 3.43. The van der Waals surface area contributed by atoms with E-state index in [9.17, 15) is 18.0 Å². The van der Waals surface area contributed by atoms with E-state index in [0.717, 1.165) is 41.1 Å². The highest BCUT2D eigenvalue weighted by Gasteiger charge is 2.34. The summed E-state index contributed by atoms with van der Waals surface area (Å²) in [5.41, 5.74) is 2.06. The second-order valence-electron chi connectivity index (χ2n) is 10.7. The number of benzene rings is 3. The van der Waals surface area contributed by atoms with Crippen LogP contribution in [0.5, 0.6) is 0 Å². The van der Waals surface area contributed by atoms with Crippen molar-refractivity contribution in [3.63, 3.8) is 0 Å². The number of nitrogens with zero attached hydrogens (tertiary/aromatic N) is 2. The van der Waals surface area contributed by atoms with E-state index in [-0.39, 0.29) is 39.1 Å². The molecule has 0 saturated heterocycles. The van der Waals surface area contributed by atoms with Gasteiger partial charge in [0.05, 0.1) is 10.6 Å². The molecule has 0 aliphatic heterocycles. The largest absolute Gasteiger partial charge is 0.352 e. The Bertz CT molecular complexity index is 1460. The van der Waals surface area contributed by atoms with Gasteiger partial charge in [0.25, 0.3) is 10.0 Å². The molecule has 0 bridgehead atoms. The fourth-order valence-corrected chi connectivity index (χ4v) is 7.23. The predicted molar refractivity (Wildman–Crippen MR) is 169 cm³/mol. The highest BCUT2D eigenvalue weighted by atomic mass is 35.5. The van der Waals surface area contributed by atoms with Crippen molar-refractivity contribution >= 4 is 50.7 Å².